The molecule has 0 aromatic heterocycles. The van der Waals surface area contributed by atoms with Crippen molar-refractivity contribution >= 4 is 29.2 Å². The van der Waals surface area contributed by atoms with Crippen LogP contribution in [0.3, 0.4) is 0 Å². The van der Waals surface area contributed by atoms with Crippen molar-refractivity contribution in [3.05, 3.63) is 33.8 Å². The van der Waals surface area contributed by atoms with Crippen LogP contribution >= 0.6 is 23.2 Å². The van der Waals surface area contributed by atoms with Crippen molar-refractivity contribution in [2.45, 2.75) is 25.3 Å². The van der Waals surface area contributed by atoms with E-state index in [-0.39, 0.29) is 12.5 Å². The molecule has 88 valence electrons. The van der Waals surface area contributed by atoms with E-state index in [1.807, 2.05) is 0 Å². The Bertz CT molecular complexity index is 362. The number of halogens is 2. The summed E-state index contributed by atoms with van der Waals surface area (Å²) in [6, 6.07) is 5.00. The summed E-state index contributed by atoms with van der Waals surface area (Å²) in [6.45, 7) is 0. The number of hydrogen-bond donors (Lipinski definition) is 2. The van der Waals surface area contributed by atoms with Crippen molar-refractivity contribution in [2.24, 2.45) is 5.73 Å². The average molecular weight is 262 g/mol. The van der Waals surface area contributed by atoms with Gasteiger partial charge in [-0.3, -0.25) is 4.79 Å². The molecule has 0 saturated carbocycles. The van der Waals surface area contributed by atoms with Gasteiger partial charge in [-0.25, -0.2) is 0 Å². The van der Waals surface area contributed by atoms with Crippen LogP contribution in [-0.2, 0) is 11.2 Å². The summed E-state index contributed by atoms with van der Waals surface area (Å²) in [7, 11) is 0. The molecule has 0 aliphatic heterocycles. The third kappa shape index (κ3) is 4.00. The van der Waals surface area contributed by atoms with Crippen LogP contribution < -0.4 is 5.73 Å². The Hall–Kier alpha value is -0.770. The molecule has 0 amide bonds. The minimum atomic E-state index is -0.847. The van der Waals surface area contributed by atoms with Gasteiger partial charge in [0.25, 0.3) is 0 Å². The van der Waals surface area contributed by atoms with Gasteiger partial charge >= 0.3 is 5.97 Å². The van der Waals surface area contributed by atoms with Gasteiger partial charge in [0, 0.05) is 22.5 Å². The number of carboxylic acid groups (broad SMARTS) is 1. The van der Waals surface area contributed by atoms with E-state index in [4.69, 9.17) is 34.0 Å². The topological polar surface area (TPSA) is 63.3 Å². The molecule has 0 spiro atoms. The number of carbonyl (C=O) groups is 1. The third-order valence-electron chi connectivity index (χ3n) is 2.26. The lowest BCUT2D eigenvalue weighted by Gasteiger charge is -2.12. The Morgan fingerprint density at radius 2 is 1.94 bits per heavy atom. The fourth-order valence-electron chi connectivity index (χ4n) is 1.40. The van der Waals surface area contributed by atoms with Crippen molar-refractivity contribution in [3.63, 3.8) is 0 Å². The summed E-state index contributed by atoms with van der Waals surface area (Å²) in [5.41, 5.74) is 6.59. The molecule has 0 radical (unpaired) electrons. The summed E-state index contributed by atoms with van der Waals surface area (Å²) in [4.78, 5) is 10.4. The van der Waals surface area contributed by atoms with Crippen LogP contribution in [0, 0.1) is 0 Å². The second-order valence-electron chi connectivity index (χ2n) is 3.60. The number of hydrogen-bond acceptors (Lipinski definition) is 2. The number of aliphatic carboxylic acids is 1. The molecule has 0 fully saturated rings. The number of benzene rings is 1. The molecule has 1 unspecified atom stereocenters. The van der Waals surface area contributed by atoms with E-state index in [2.05, 4.69) is 0 Å². The second kappa shape index (κ2) is 6.09. The van der Waals surface area contributed by atoms with E-state index >= 15 is 0 Å². The van der Waals surface area contributed by atoms with Gasteiger partial charge in [-0.2, -0.15) is 0 Å². The molecule has 3 nitrogen and oxygen atoms in total. The lowest BCUT2D eigenvalue weighted by atomic mass is 10.0. The molecule has 16 heavy (non-hydrogen) atoms. The van der Waals surface area contributed by atoms with E-state index in [1.165, 1.54) is 0 Å². The normalized spacial score (nSPS) is 12.4. The number of carboxylic acids is 1. The first-order chi connectivity index (χ1) is 7.50. The highest BCUT2D eigenvalue weighted by atomic mass is 35.5. The molecule has 1 aromatic carbocycles. The molecule has 0 aliphatic rings. The van der Waals surface area contributed by atoms with E-state index in [0.29, 0.717) is 22.9 Å². The van der Waals surface area contributed by atoms with Crippen LogP contribution in [0.25, 0.3) is 0 Å². The zero-order valence-corrected chi connectivity index (χ0v) is 10.1. The quantitative estimate of drug-likeness (QED) is 0.857. The predicted molar refractivity (Wildman–Crippen MR) is 65.0 cm³/mol. The van der Waals surface area contributed by atoms with E-state index in [0.717, 1.165) is 5.56 Å². The smallest absolute Gasteiger partial charge is 0.303 e. The molecular formula is C11H13Cl2NO2. The van der Waals surface area contributed by atoms with Crippen molar-refractivity contribution in [1.82, 2.24) is 0 Å². The Kier molecular flexibility index (Phi) is 5.06. The van der Waals surface area contributed by atoms with Crippen LogP contribution in [0.1, 0.15) is 18.4 Å². The Morgan fingerprint density at radius 3 is 2.44 bits per heavy atom. The maximum atomic E-state index is 10.4. The highest BCUT2D eigenvalue weighted by Crippen LogP contribution is 2.25. The highest BCUT2D eigenvalue weighted by Gasteiger charge is 2.11. The second-order valence-corrected chi connectivity index (χ2v) is 4.41. The lowest BCUT2D eigenvalue weighted by Crippen LogP contribution is -2.24. The monoisotopic (exact) mass is 261 g/mol. The number of rotatable bonds is 5. The van der Waals surface area contributed by atoms with Gasteiger partial charge in [-0.05, 0) is 30.5 Å². The summed E-state index contributed by atoms with van der Waals surface area (Å²) < 4.78 is 0. The summed E-state index contributed by atoms with van der Waals surface area (Å²) in [6.07, 6.45) is 0.964. The van der Waals surface area contributed by atoms with Gasteiger partial charge in [-0.1, -0.05) is 29.3 Å². The SMILES string of the molecule is NC(CCC(=O)O)Cc1c(Cl)cccc1Cl. The zero-order chi connectivity index (χ0) is 12.1. The van der Waals surface area contributed by atoms with Crippen molar-refractivity contribution < 1.29 is 9.90 Å². The van der Waals surface area contributed by atoms with Crippen LogP contribution in [0.15, 0.2) is 18.2 Å². The fourth-order valence-corrected chi connectivity index (χ4v) is 1.95. The molecule has 1 aromatic rings. The Morgan fingerprint density at radius 1 is 1.38 bits per heavy atom. The predicted octanol–water partition coefficient (Wildman–Crippen LogP) is 2.73. The van der Waals surface area contributed by atoms with Gasteiger partial charge in [-0.15, -0.1) is 0 Å². The molecular weight excluding hydrogens is 249 g/mol. The summed E-state index contributed by atoms with van der Waals surface area (Å²) >= 11 is 12.0. The Balaban J connectivity index is 2.62. The standard InChI is InChI=1S/C11H13Cl2NO2/c12-9-2-1-3-10(13)8(9)6-7(14)4-5-11(15)16/h1-3,7H,4-6,14H2,(H,15,16). The average Bonchev–Trinajstić information content (AvgIpc) is 2.21. The largest absolute Gasteiger partial charge is 0.481 e. The van der Waals surface area contributed by atoms with E-state index in [1.54, 1.807) is 18.2 Å². The van der Waals surface area contributed by atoms with Gasteiger partial charge in [0.1, 0.15) is 0 Å². The molecule has 1 atom stereocenters. The molecule has 0 aliphatic carbocycles. The fraction of sp³-hybridized carbons (Fsp3) is 0.364. The van der Waals surface area contributed by atoms with Crippen LogP contribution in [0.4, 0.5) is 0 Å². The Labute approximate surface area is 104 Å². The minimum absolute atomic E-state index is 0.0588. The maximum absolute atomic E-state index is 10.4. The number of nitrogens with two attached hydrogens (primary N) is 1. The first kappa shape index (κ1) is 13.3. The highest BCUT2D eigenvalue weighted by molar-refractivity contribution is 6.35. The van der Waals surface area contributed by atoms with Crippen LogP contribution in [-0.4, -0.2) is 17.1 Å². The summed E-state index contributed by atoms with van der Waals surface area (Å²) in [5.74, 6) is -0.847. The third-order valence-corrected chi connectivity index (χ3v) is 2.97. The van der Waals surface area contributed by atoms with Crippen LogP contribution in [0.2, 0.25) is 10.0 Å². The summed E-state index contributed by atoms with van der Waals surface area (Å²) in [5, 5.41) is 9.67. The van der Waals surface area contributed by atoms with Gasteiger partial charge in [0.05, 0.1) is 0 Å². The van der Waals surface area contributed by atoms with Crippen molar-refractivity contribution in [3.8, 4) is 0 Å². The zero-order valence-electron chi connectivity index (χ0n) is 8.62. The van der Waals surface area contributed by atoms with E-state index in [9.17, 15) is 4.79 Å². The van der Waals surface area contributed by atoms with Gasteiger partial charge < -0.3 is 10.8 Å². The molecule has 1 rings (SSSR count). The lowest BCUT2D eigenvalue weighted by molar-refractivity contribution is -0.137. The first-order valence-corrected chi connectivity index (χ1v) is 5.66. The van der Waals surface area contributed by atoms with E-state index < -0.39 is 5.97 Å². The molecule has 0 heterocycles. The first-order valence-electron chi connectivity index (χ1n) is 4.91. The minimum Gasteiger partial charge on any atom is -0.481 e. The molecule has 5 heteroatoms. The van der Waals surface area contributed by atoms with Gasteiger partial charge in [0.2, 0.25) is 0 Å². The van der Waals surface area contributed by atoms with Gasteiger partial charge in [0.15, 0.2) is 0 Å². The van der Waals surface area contributed by atoms with Crippen molar-refractivity contribution in [2.75, 3.05) is 0 Å². The molecule has 0 saturated heterocycles. The molecule has 3 N–H and O–H groups in total. The van der Waals surface area contributed by atoms with Crippen LogP contribution in [0.5, 0.6) is 0 Å². The van der Waals surface area contributed by atoms with Crippen molar-refractivity contribution in [1.29, 1.82) is 0 Å². The maximum Gasteiger partial charge on any atom is 0.303 e. The molecule has 0 bridgehead atoms.